The zero-order valence-corrected chi connectivity index (χ0v) is 23.1. The van der Waals surface area contributed by atoms with Gasteiger partial charge in [-0.1, -0.05) is 19.8 Å². The van der Waals surface area contributed by atoms with Crippen molar-refractivity contribution in [1.82, 2.24) is 14.6 Å². The first-order chi connectivity index (χ1) is 19.6. The minimum absolute atomic E-state index is 0.237. The maximum absolute atomic E-state index is 13.8. The van der Waals surface area contributed by atoms with Crippen LogP contribution < -0.4 is 9.47 Å². The van der Waals surface area contributed by atoms with Crippen molar-refractivity contribution in [2.45, 2.75) is 88.6 Å². The molecule has 2 unspecified atom stereocenters. The summed E-state index contributed by atoms with van der Waals surface area (Å²) in [5, 5.41) is 4.95. The van der Waals surface area contributed by atoms with Gasteiger partial charge in [0.1, 0.15) is 23.4 Å². The zero-order chi connectivity index (χ0) is 26.8. The summed E-state index contributed by atoms with van der Waals surface area (Å²) in [6, 6.07) is 15.8. The van der Waals surface area contributed by atoms with Gasteiger partial charge in [0.15, 0.2) is 0 Å². The van der Waals surface area contributed by atoms with E-state index in [1.165, 1.54) is 67.5 Å². The van der Waals surface area contributed by atoms with E-state index in [2.05, 4.69) is 31.2 Å². The van der Waals surface area contributed by atoms with Crippen molar-refractivity contribution in [2.24, 2.45) is 5.92 Å². The van der Waals surface area contributed by atoms with Crippen molar-refractivity contribution in [3.63, 3.8) is 0 Å². The largest absolute Gasteiger partial charge is 0.490 e. The van der Waals surface area contributed by atoms with E-state index in [1.807, 2.05) is 16.6 Å². The van der Waals surface area contributed by atoms with Gasteiger partial charge in [0.25, 0.3) is 0 Å². The minimum atomic E-state index is -0.237. The van der Waals surface area contributed by atoms with Crippen molar-refractivity contribution in [3.8, 4) is 22.9 Å². The summed E-state index contributed by atoms with van der Waals surface area (Å²) >= 11 is 0. The smallest absolute Gasteiger partial charge is 0.215 e. The van der Waals surface area contributed by atoms with Crippen molar-refractivity contribution < 1.29 is 13.9 Å². The number of pyridine rings is 2. The average Bonchev–Trinajstić information content (AvgIpc) is 3.83. The number of fused-ring (bicyclic) bond motifs is 2. The van der Waals surface area contributed by atoms with E-state index < -0.39 is 0 Å². The molecule has 206 valence electrons. The predicted octanol–water partition coefficient (Wildman–Crippen LogP) is 7.97. The fourth-order valence-corrected chi connectivity index (χ4v) is 6.79. The lowest BCUT2D eigenvalue weighted by Gasteiger charge is -2.25. The number of benzene rings is 1. The topological polar surface area (TPSA) is 48.7 Å². The van der Waals surface area contributed by atoms with Crippen LogP contribution in [0.15, 0.2) is 48.5 Å². The summed E-state index contributed by atoms with van der Waals surface area (Å²) in [6.45, 7) is 2.88. The average molecular weight is 538 g/mol. The molecule has 5 nitrogen and oxygen atoms in total. The quantitative estimate of drug-likeness (QED) is 0.229. The van der Waals surface area contributed by atoms with Gasteiger partial charge in [-0.25, -0.2) is 13.9 Å². The maximum Gasteiger partial charge on any atom is 0.215 e. The molecule has 3 saturated carbocycles. The van der Waals surface area contributed by atoms with E-state index in [9.17, 15) is 4.39 Å². The second-order valence-electron chi connectivity index (χ2n) is 12.6. The molecule has 2 atom stereocenters. The van der Waals surface area contributed by atoms with Crippen molar-refractivity contribution in [2.75, 3.05) is 6.61 Å². The van der Waals surface area contributed by atoms with Gasteiger partial charge in [-0.2, -0.15) is 5.10 Å². The Labute approximate surface area is 234 Å². The van der Waals surface area contributed by atoms with Crippen LogP contribution in [0.2, 0.25) is 0 Å². The molecule has 0 N–H and O–H groups in total. The first-order valence-corrected chi connectivity index (χ1v) is 15.2. The third kappa shape index (κ3) is 4.55. The Morgan fingerprint density at radius 1 is 1.00 bits per heavy atom. The zero-order valence-electron chi connectivity index (χ0n) is 23.1. The summed E-state index contributed by atoms with van der Waals surface area (Å²) in [5.74, 6) is 3.29. The Morgan fingerprint density at radius 3 is 2.55 bits per heavy atom. The third-order valence-corrected chi connectivity index (χ3v) is 9.37. The highest BCUT2D eigenvalue weighted by molar-refractivity contribution is 5.70. The number of rotatable bonds is 8. The molecule has 1 aliphatic heterocycles. The molecule has 4 aromatic rings. The van der Waals surface area contributed by atoms with Crippen LogP contribution >= 0.6 is 0 Å². The van der Waals surface area contributed by atoms with Gasteiger partial charge >= 0.3 is 0 Å². The summed E-state index contributed by atoms with van der Waals surface area (Å²) in [5.41, 5.74) is 7.74. The van der Waals surface area contributed by atoms with E-state index in [0.717, 1.165) is 53.4 Å². The van der Waals surface area contributed by atoms with Crippen LogP contribution in [0.1, 0.15) is 98.6 Å². The van der Waals surface area contributed by atoms with Gasteiger partial charge in [-0.05, 0) is 98.9 Å². The van der Waals surface area contributed by atoms with E-state index in [-0.39, 0.29) is 5.82 Å². The molecule has 4 heterocycles. The van der Waals surface area contributed by atoms with Gasteiger partial charge in [0, 0.05) is 40.6 Å². The second kappa shape index (κ2) is 9.60. The Kier molecular flexibility index (Phi) is 5.86. The Bertz CT molecular complexity index is 1560. The van der Waals surface area contributed by atoms with Crippen LogP contribution in [-0.2, 0) is 6.42 Å². The summed E-state index contributed by atoms with van der Waals surface area (Å²) < 4.78 is 28.4. The van der Waals surface area contributed by atoms with Crippen molar-refractivity contribution in [3.05, 3.63) is 76.9 Å². The fourth-order valence-electron chi connectivity index (χ4n) is 6.79. The Morgan fingerprint density at radius 2 is 1.80 bits per heavy atom. The standard InChI is InChI=1S/C34H36FN3O2/c1-20-19-39-34-28(20)18-31(36-33(34)24-8-10-25(35)11-9-24)29(22-4-2-3-5-22)15-21-14-26-17-30(23-6-7-23)37-38(26)32(16-21)40-27-12-13-27/h8-11,14,16-18,20,22-23,27,29H,2-7,12-13,15,19H2,1H3. The van der Waals surface area contributed by atoms with Crippen LogP contribution in [0.5, 0.6) is 11.6 Å². The number of hydrogen-bond donors (Lipinski definition) is 0. The van der Waals surface area contributed by atoms with E-state index in [4.69, 9.17) is 19.6 Å². The third-order valence-electron chi connectivity index (χ3n) is 9.37. The summed E-state index contributed by atoms with van der Waals surface area (Å²) in [6.07, 6.45) is 11.0. The molecule has 6 heteroatoms. The second-order valence-corrected chi connectivity index (χ2v) is 12.6. The molecule has 8 rings (SSSR count). The summed E-state index contributed by atoms with van der Waals surface area (Å²) in [7, 11) is 0. The molecule has 3 aromatic heterocycles. The van der Waals surface area contributed by atoms with Gasteiger partial charge in [-0.3, -0.25) is 0 Å². The highest BCUT2D eigenvalue weighted by Crippen LogP contribution is 2.46. The van der Waals surface area contributed by atoms with Gasteiger partial charge in [0.05, 0.1) is 17.8 Å². The lowest BCUT2D eigenvalue weighted by atomic mass is 9.82. The lowest BCUT2D eigenvalue weighted by Crippen LogP contribution is -2.16. The molecule has 0 amide bonds. The van der Waals surface area contributed by atoms with Gasteiger partial charge < -0.3 is 9.47 Å². The number of aromatic nitrogens is 3. The number of hydrogen-bond acceptors (Lipinski definition) is 4. The first kappa shape index (κ1) is 24.4. The Hall–Kier alpha value is -3.41. The molecule has 40 heavy (non-hydrogen) atoms. The van der Waals surface area contributed by atoms with Crippen LogP contribution in [-0.4, -0.2) is 27.3 Å². The molecule has 3 fully saturated rings. The highest BCUT2D eigenvalue weighted by atomic mass is 19.1. The lowest BCUT2D eigenvalue weighted by molar-refractivity contribution is 0.282. The summed E-state index contributed by atoms with van der Waals surface area (Å²) in [4.78, 5) is 5.30. The van der Waals surface area contributed by atoms with E-state index >= 15 is 0 Å². The number of ether oxygens (including phenoxy) is 2. The predicted molar refractivity (Wildman–Crippen MR) is 153 cm³/mol. The molecule has 4 aliphatic rings. The molecule has 0 saturated heterocycles. The van der Waals surface area contributed by atoms with Gasteiger partial charge in [-0.15, -0.1) is 0 Å². The molecule has 0 radical (unpaired) electrons. The highest BCUT2D eigenvalue weighted by Gasteiger charge is 2.33. The van der Waals surface area contributed by atoms with Crippen LogP contribution in [0.4, 0.5) is 4.39 Å². The van der Waals surface area contributed by atoms with E-state index in [1.54, 1.807) is 0 Å². The maximum atomic E-state index is 13.8. The molecule has 0 spiro atoms. The van der Waals surface area contributed by atoms with Crippen LogP contribution in [0.25, 0.3) is 16.8 Å². The molecular formula is C34H36FN3O2. The van der Waals surface area contributed by atoms with Crippen LogP contribution in [0.3, 0.4) is 0 Å². The SMILES string of the molecule is CC1COc2c1cc(C(Cc1cc(OC3CC3)n3nc(C4CC4)cc3c1)C1CCCC1)nc2-c1ccc(F)cc1. The van der Waals surface area contributed by atoms with Crippen LogP contribution in [0, 0.1) is 11.7 Å². The van der Waals surface area contributed by atoms with Crippen molar-refractivity contribution >= 4 is 5.52 Å². The molecule has 1 aromatic carbocycles. The number of nitrogens with zero attached hydrogens (tertiary/aromatic N) is 3. The first-order valence-electron chi connectivity index (χ1n) is 15.2. The van der Waals surface area contributed by atoms with Crippen molar-refractivity contribution in [1.29, 1.82) is 0 Å². The van der Waals surface area contributed by atoms with Gasteiger partial charge in [0.2, 0.25) is 5.88 Å². The Balaban J connectivity index is 1.22. The van der Waals surface area contributed by atoms with E-state index in [0.29, 0.717) is 36.4 Å². The molecule has 0 bridgehead atoms. The molecule has 3 aliphatic carbocycles. The normalized spacial score (nSPS) is 21.5. The fraction of sp³-hybridized carbons (Fsp3) is 0.471. The number of halogens is 1. The minimum Gasteiger partial charge on any atom is -0.490 e. The monoisotopic (exact) mass is 537 g/mol. The molecular weight excluding hydrogens is 501 g/mol.